The average Bonchev–Trinajstić information content (AvgIpc) is 3.28. The van der Waals surface area contributed by atoms with Crippen LogP contribution in [0.5, 0.6) is 0 Å². The van der Waals surface area contributed by atoms with Crippen molar-refractivity contribution < 1.29 is 9.47 Å². The Morgan fingerprint density at radius 3 is 2.75 bits per heavy atom. The van der Waals surface area contributed by atoms with Gasteiger partial charge in [0.1, 0.15) is 12.4 Å². The molecule has 0 saturated carbocycles. The molecule has 28 heavy (non-hydrogen) atoms. The molecule has 0 radical (unpaired) electrons. The predicted octanol–water partition coefficient (Wildman–Crippen LogP) is 0.675. The molecule has 0 amide bonds. The summed E-state index contributed by atoms with van der Waals surface area (Å²) in [6.07, 6.45) is 2.61. The minimum Gasteiger partial charge on any atom is -0.376 e. The first-order chi connectivity index (χ1) is 13.0. The SMILES string of the molecule is Cc1nnc(CN=C(NCC2CCCO2)NC(C)C2CN(C)CCO2)n1C.I. The maximum Gasteiger partial charge on any atom is 0.192 e. The van der Waals surface area contributed by atoms with E-state index in [0.717, 1.165) is 63.3 Å². The molecule has 2 fully saturated rings. The van der Waals surface area contributed by atoms with Crippen molar-refractivity contribution in [1.29, 1.82) is 0 Å². The summed E-state index contributed by atoms with van der Waals surface area (Å²) in [5, 5.41) is 15.2. The lowest BCUT2D eigenvalue weighted by Gasteiger charge is -2.34. The summed E-state index contributed by atoms with van der Waals surface area (Å²) in [5.41, 5.74) is 0. The molecule has 2 aliphatic rings. The van der Waals surface area contributed by atoms with Gasteiger partial charge in [-0.05, 0) is 33.7 Å². The normalized spacial score (nSPS) is 24.6. The van der Waals surface area contributed by atoms with Gasteiger partial charge in [-0.2, -0.15) is 0 Å². The van der Waals surface area contributed by atoms with Gasteiger partial charge in [-0.1, -0.05) is 0 Å². The molecule has 2 aliphatic heterocycles. The quantitative estimate of drug-likeness (QED) is 0.333. The van der Waals surface area contributed by atoms with Crippen molar-refractivity contribution >= 4 is 29.9 Å². The van der Waals surface area contributed by atoms with Crippen molar-refractivity contribution in [3.8, 4) is 0 Å². The highest BCUT2D eigenvalue weighted by molar-refractivity contribution is 14.0. The lowest BCUT2D eigenvalue weighted by Crippen LogP contribution is -2.54. The van der Waals surface area contributed by atoms with Crippen LogP contribution >= 0.6 is 24.0 Å². The predicted molar refractivity (Wildman–Crippen MR) is 119 cm³/mol. The van der Waals surface area contributed by atoms with Crippen LogP contribution in [0.15, 0.2) is 4.99 Å². The maximum absolute atomic E-state index is 5.94. The number of rotatable bonds is 6. The number of likely N-dealkylation sites (N-methyl/N-ethyl adjacent to an activating group) is 1. The molecule has 3 unspecified atom stereocenters. The second-order valence-electron chi connectivity index (χ2n) is 7.51. The number of ether oxygens (including phenoxy) is 2. The topological polar surface area (TPSA) is 88.8 Å². The summed E-state index contributed by atoms with van der Waals surface area (Å²) in [6, 6.07) is 0.143. The maximum atomic E-state index is 5.94. The van der Waals surface area contributed by atoms with Crippen LogP contribution in [-0.4, -0.2) is 83.8 Å². The fourth-order valence-corrected chi connectivity index (χ4v) is 3.33. The third-order valence-corrected chi connectivity index (χ3v) is 5.30. The van der Waals surface area contributed by atoms with Crippen molar-refractivity contribution in [2.45, 2.75) is 51.5 Å². The van der Waals surface area contributed by atoms with E-state index in [1.807, 2.05) is 18.5 Å². The summed E-state index contributed by atoms with van der Waals surface area (Å²) in [5.74, 6) is 2.48. The number of hydrogen-bond acceptors (Lipinski definition) is 6. The lowest BCUT2D eigenvalue weighted by atomic mass is 10.1. The van der Waals surface area contributed by atoms with Crippen LogP contribution in [0.25, 0.3) is 0 Å². The van der Waals surface area contributed by atoms with Gasteiger partial charge in [-0.3, -0.25) is 0 Å². The molecule has 0 aliphatic carbocycles. The summed E-state index contributed by atoms with van der Waals surface area (Å²) in [7, 11) is 4.09. The van der Waals surface area contributed by atoms with E-state index in [4.69, 9.17) is 14.5 Å². The Bertz CT molecular complexity index is 633. The molecule has 3 atom stereocenters. The minimum atomic E-state index is 0. The molecular weight excluding hydrogens is 473 g/mol. The molecule has 1 aromatic heterocycles. The number of guanidine groups is 1. The van der Waals surface area contributed by atoms with Gasteiger partial charge in [0, 0.05) is 33.3 Å². The molecule has 9 nitrogen and oxygen atoms in total. The van der Waals surface area contributed by atoms with Gasteiger partial charge in [-0.25, -0.2) is 4.99 Å². The Hall–Kier alpha value is -0.980. The van der Waals surface area contributed by atoms with E-state index in [-0.39, 0.29) is 42.2 Å². The zero-order valence-electron chi connectivity index (χ0n) is 17.3. The fraction of sp³-hybridized carbons (Fsp3) is 0.833. The Morgan fingerprint density at radius 1 is 1.29 bits per heavy atom. The smallest absolute Gasteiger partial charge is 0.192 e. The molecule has 0 bridgehead atoms. The molecule has 0 aromatic carbocycles. The summed E-state index contributed by atoms with van der Waals surface area (Å²) in [6.45, 7) is 8.80. The van der Waals surface area contributed by atoms with Gasteiger partial charge in [0.2, 0.25) is 0 Å². The number of aromatic nitrogens is 3. The van der Waals surface area contributed by atoms with E-state index in [1.54, 1.807) is 0 Å². The average molecular weight is 507 g/mol. The van der Waals surface area contributed by atoms with Crippen LogP contribution < -0.4 is 10.6 Å². The van der Waals surface area contributed by atoms with Crippen LogP contribution in [0.3, 0.4) is 0 Å². The molecule has 10 heteroatoms. The highest BCUT2D eigenvalue weighted by Crippen LogP contribution is 2.11. The van der Waals surface area contributed by atoms with Crippen LogP contribution in [0.4, 0.5) is 0 Å². The van der Waals surface area contributed by atoms with Crippen LogP contribution in [0.2, 0.25) is 0 Å². The van der Waals surface area contributed by atoms with Gasteiger partial charge in [-0.15, -0.1) is 34.2 Å². The van der Waals surface area contributed by atoms with Crippen LogP contribution in [0.1, 0.15) is 31.4 Å². The van der Waals surface area contributed by atoms with Gasteiger partial charge in [0.25, 0.3) is 0 Å². The lowest BCUT2D eigenvalue weighted by molar-refractivity contribution is -0.0325. The number of hydrogen-bond donors (Lipinski definition) is 2. The summed E-state index contributed by atoms with van der Waals surface area (Å²) < 4.78 is 13.6. The van der Waals surface area contributed by atoms with E-state index < -0.39 is 0 Å². The van der Waals surface area contributed by atoms with E-state index in [1.165, 1.54) is 0 Å². The standard InChI is InChI=1S/C18H33N7O2.HI/c1-13(16-12-24(3)7-9-27-16)21-18(19-10-15-6-5-8-26-15)20-11-17-23-22-14(2)25(17)4;/h13,15-16H,5-12H2,1-4H3,(H2,19,20,21);1H. The zero-order valence-corrected chi connectivity index (χ0v) is 19.7. The largest absolute Gasteiger partial charge is 0.376 e. The molecule has 1 aromatic rings. The minimum absolute atomic E-state index is 0. The van der Waals surface area contributed by atoms with Crippen molar-refractivity contribution in [1.82, 2.24) is 30.3 Å². The Balaban J connectivity index is 0.00000280. The highest BCUT2D eigenvalue weighted by Gasteiger charge is 2.25. The molecule has 3 heterocycles. The zero-order chi connectivity index (χ0) is 19.2. The third kappa shape index (κ3) is 6.53. The van der Waals surface area contributed by atoms with Crippen molar-refractivity contribution in [2.24, 2.45) is 12.0 Å². The van der Waals surface area contributed by atoms with E-state index in [0.29, 0.717) is 6.54 Å². The van der Waals surface area contributed by atoms with Gasteiger partial charge >= 0.3 is 0 Å². The second-order valence-corrected chi connectivity index (χ2v) is 7.51. The second kappa shape index (κ2) is 11.3. The molecular formula is C18H34IN7O2. The van der Waals surface area contributed by atoms with E-state index in [9.17, 15) is 0 Å². The number of nitrogens with one attached hydrogen (secondary N) is 2. The van der Waals surface area contributed by atoms with Crippen molar-refractivity contribution in [3.05, 3.63) is 11.6 Å². The first kappa shape index (κ1) is 23.3. The Kier molecular flexibility index (Phi) is 9.38. The summed E-state index contributed by atoms with van der Waals surface area (Å²) in [4.78, 5) is 7.03. The van der Waals surface area contributed by atoms with E-state index >= 15 is 0 Å². The number of nitrogens with zero attached hydrogens (tertiary/aromatic N) is 5. The third-order valence-electron chi connectivity index (χ3n) is 5.30. The molecule has 160 valence electrons. The van der Waals surface area contributed by atoms with E-state index in [2.05, 4.69) is 39.7 Å². The highest BCUT2D eigenvalue weighted by atomic mass is 127. The monoisotopic (exact) mass is 507 g/mol. The van der Waals surface area contributed by atoms with Crippen molar-refractivity contribution in [3.63, 3.8) is 0 Å². The Morgan fingerprint density at radius 2 is 2.11 bits per heavy atom. The van der Waals surface area contributed by atoms with Gasteiger partial charge in [0.15, 0.2) is 11.8 Å². The molecule has 3 rings (SSSR count). The van der Waals surface area contributed by atoms with Crippen LogP contribution in [0, 0.1) is 6.92 Å². The fourth-order valence-electron chi connectivity index (χ4n) is 3.33. The number of aliphatic imine (C=N–C) groups is 1. The molecule has 2 saturated heterocycles. The van der Waals surface area contributed by atoms with Crippen LogP contribution in [-0.2, 0) is 23.1 Å². The first-order valence-corrected chi connectivity index (χ1v) is 9.84. The first-order valence-electron chi connectivity index (χ1n) is 9.84. The summed E-state index contributed by atoms with van der Waals surface area (Å²) >= 11 is 0. The molecule has 0 spiro atoms. The molecule has 2 N–H and O–H groups in total. The number of morpholine rings is 1. The van der Waals surface area contributed by atoms with Gasteiger partial charge < -0.3 is 29.6 Å². The van der Waals surface area contributed by atoms with Gasteiger partial charge in [0.05, 0.1) is 24.9 Å². The van der Waals surface area contributed by atoms with Crippen molar-refractivity contribution in [2.75, 3.05) is 39.9 Å². The Labute approximate surface area is 184 Å². The number of aryl methyl sites for hydroxylation is 1. The number of halogens is 1.